The molecule has 27 heavy (non-hydrogen) atoms. The standard InChI is InChI=1S/C21H21FN4O/c1-15(2)26(14-16-8-4-3-5-9-16)21(27)19-12-24-20(13-23-19)25-18-11-7-6-10-17(18)22/h3-13,15H,14H2,1-2H3,(H,24,25). The van der Waals surface area contributed by atoms with Crippen molar-refractivity contribution in [3.63, 3.8) is 0 Å². The van der Waals surface area contributed by atoms with E-state index in [0.29, 0.717) is 18.1 Å². The number of hydrogen-bond acceptors (Lipinski definition) is 4. The fourth-order valence-corrected chi connectivity index (χ4v) is 2.62. The predicted molar refractivity (Wildman–Crippen MR) is 103 cm³/mol. The number of aromatic nitrogens is 2. The molecular weight excluding hydrogens is 343 g/mol. The van der Waals surface area contributed by atoms with Crippen LogP contribution in [0.25, 0.3) is 0 Å². The smallest absolute Gasteiger partial charge is 0.274 e. The van der Waals surface area contributed by atoms with Crippen LogP contribution in [0, 0.1) is 5.82 Å². The summed E-state index contributed by atoms with van der Waals surface area (Å²) in [7, 11) is 0. The van der Waals surface area contributed by atoms with Crippen LogP contribution in [0.3, 0.4) is 0 Å². The molecule has 0 fully saturated rings. The molecule has 0 bridgehead atoms. The molecule has 0 saturated carbocycles. The molecule has 3 rings (SSSR count). The molecule has 0 aliphatic rings. The summed E-state index contributed by atoms with van der Waals surface area (Å²) >= 11 is 0. The van der Waals surface area contributed by atoms with Gasteiger partial charge in [-0.05, 0) is 31.5 Å². The summed E-state index contributed by atoms with van der Waals surface area (Å²) < 4.78 is 13.7. The van der Waals surface area contributed by atoms with Crippen molar-refractivity contribution in [2.75, 3.05) is 5.32 Å². The van der Waals surface area contributed by atoms with Gasteiger partial charge in [0.1, 0.15) is 17.3 Å². The van der Waals surface area contributed by atoms with E-state index in [9.17, 15) is 9.18 Å². The number of halogens is 1. The summed E-state index contributed by atoms with van der Waals surface area (Å²) in [5.74, 6) is -0.206. The van der Waals surface area contributed by atoms with Gasteiger partial charge in [-0.3, -0.25) is 4.79 Å². The Labute approximate surface area is 157 Å². The van der Waals surface area contributed by atoms with Crippen LogP contribution < -0.4 is 5.32 Å². The molecule has 0 saturated heterocycles. The Bertz CT molecular complexity index is 898. The van der Waals surface area contributed by atoms with E-state index in [1.165, 1.54) is 18.5 Å². The molecular formula is C21H21FN4O. The molecule has 6 heteroatoms. The molecule has 0 aliphatic carbocycles. The van der Waals surface area contributed by atoms with Crippen LogP contribution in [-0.2, 0) is 6.54 Å². The number of carbonyl (C=O) groups excluding carboxylic acids is 1. The van der Waals surface area contributed by atoms with Gasteiger partial charge in [-0.2, -0.15) is 0 Å². The van der Waals surface area contributed by atoms with Gasteiger partial charge in [0.25, 0.3) is 5.91 Å². The third-order valence-corrected chi connectivity index (χ3v) is 4.09. The van der Waals surface area contributed by atoms with Crippen LogP contribution in [0.5, 0.6) is 0 Å². The second-order valence-corrected chi connectivity index (χ2v) is 6.40. The zero-order valence-electron chi connectivity index (χ0n) is 15.3. The molecule has 0 radical (unpaired) electrons. The van der Waals surface area contributed by atoms with Gasteiger partial charge < -0.3 is 10.2 Å². The third kappa shape index (κ3) is 4.67. The van der Waals surface area contributed by atoms with Gasteiger partial charge >= 0.3 is 0 Å². The molecule has 1 aromatic heterocycles. The maximum absolute atomic E-state index is 13.7. The number of anilines is 2. The van der Waals surface area contributed by atoms with Crippen molar-refractivity contribution in [1.29, 1.82) is 0 Å². The average Bonchev–Trinajstić information content (AvgIpc) is 2.68. The van der Waals surface area contributed by atoms with Crippen LogP contribution in [0.4, 0.5) is 15.9 Å². The fraction of sp³-hybridized carbons (Fsp3) is 0.190. The van der Waals surface area contributed by atoms with Gasteiger partial charge in [-0.15, -0.1) is 0 Å². The van der Waals surface area contributed by atoms with E-state index in [2.05, 4.69) is 15.3 Å². The lowest BCUT2D eigenvalue weighted by Gasteiger charge is -2.26. The SMILES string of the molecule is CC(C)N(Cc1ccccc1)C(=O)c1cnc(Nc2ccccc2F)cn1. The first-order valence-electron chi connectivity index (χ1n) is 8.73. The fourth-order valence-electron chi connectivity index (χ4n) is 2.62. The van der Waals surface area contributed by atoms with E-state index < -0.39 is 0 Å². The minimum absolute atomic E-state index is 0.00993. The summed E-state index contributed by atoms with van der Waals surface area (Å²) in [5.41, 5.74) is 1.60. The Morgan fingerprint density at radius 3 is 2.37 bits per heavy atom. The number of nitrogens with zero attached hydrogens (tertiary/aromatic N) is 3. The van der Waals surface area contributed by atoms with Gasteiger partial charge in [0, 0.05) is 12.6 Å². The molecule has 5 nitrogen and oxygen atoms in total. The maximum Gasteiger partial charge on any atom is 0.274 e. The third-order valence-electron chi connectivity index (χ3n) is 4.09. The van der Waals surface area contributed by atoms with Crippen LogP contribution in [0.2, 0.25) is 0 Å². The number of benzene rings is 2. The summed E-state index contributed by atoms with van der Waals surface area (Å²) in [5, 5.41) is 2.86. The first-order chi connectivity index (χ1) is 13.0. The van der Waals surface area contributed by atoms with Crippen LogP contribution in [0.15, 0.2) is 67.0 Å². The van der Waals surface area contributed by atoms with Gasteiger partial charge in [0.05, 0.1) is 18.1 Å². The molecule has 0 atom stereocenters. The van der Waals surface area contributed by atoms with Crippen molar-refractivity contribution in [3.05, 3.63) is 84.1 Å². The summed E-state index contributed by atoms with van der Waals surface area (Å²) in [6.45, 7) is 4.42. The number of hydrogen-bond donors (Lipinski definition) is 1. The van der Waals surface area contributed by atoms with Crippen molar-refractivity contribution in [1.82, 2.24) is 14.9 Å². The Morgan fingerprint density at radius 1 is 1.04 bits per heavy atom. The van der Waals surface area contributed by atoms with Crippen molar-refractivity contribution >= 4 is 17.4 Å². The minimum Gasteiger partial charge on any atom is -0.337 e. The number of nitrogens with one attached hydrogen (secondary N) is 1. The molecule has 0 unspecified atom stereocenters. The molecule has 2 aromatic carbocycles. The van der Waals surface area contributed by atoms with Crippen molar-refractivity contribution < 1.29 is 9.18 Å². The lowest BCUT2D eigenvalue weighted by molar-refractivity contribution is 0.0684. The monoisotopic (exact) mass is 364 g/mol. The van der Waals surface area contributed by atoms with Gasteiger partial charge in [-0.25, -0.2) is 14.4 Å². The summed E-state index contributed by atoms with van der Waals surface area (Å²) in [6, 6.07) is 16.1. The van der Waals surface area contributed by atoms with E-state index in [-0.39, 0.29) is 23.5 Å². The van der Waals surface area contributed by atoms with E-state index in [1.807, 2.05) is 44.2 Å². The first kappa shape index (κ1) is 18.5. The number of para-hydroxylation sites is 1. The Morgan fingerprint density at radius 2 is 1.74 bits per heavy atom. The minimum atomic E-state index is -0.381. The Hall–Kier alpha value is -3.28. The lowest BCUT2D eigenvalue weighted by atomic mass is 10.2. The Kier molecular flexibility index (Phi) is 5.76. The quantitative estimate of drug-likeness (QED) is 0.704. The van der Waals surface area contributed by atoms with E-state index in [4.69, 9.17) is 0 Å². The van der Waals surface area contributed by atoms with Gasteiger partial charge in [0.2, 0.25) is 0 Å². The Balaban J connectivity index is 1.74. The van der Waals surface area contributed by atoms with E-state index >= 15 is 0 Å². The maximum atomic E-state index is 13.7. The molecule has 138 valence electrons. The zero-order chi connectivity index (χ0) is 19.2. The highest BCUT2D eigenvalue weighted by Gasteiger charge is 2.20. The number of rotatable bonds is 6. The largest absolute Gasteiger partial charge is 0.337 e. The van der Waals surface area contributed by atoms with Crippen molar-refractivity contribution in [3.8, 4) is 0 Å². The van der Waals surface area contributed by atoms with Crippen LogP contribution >= 0.6 is 0 Å². The number of carbonyl (C=O) groups is 1. The van der Waals surface area contributed by atoms with Crippen LogP contribution in [0.1, 0.15) is 29.9 Å². The molecule has 0 aliphatic heterocycles. The highest BCUT2D eigenvalue weighted by Crippen LogP contribution is 2.18. The molecule has 3 aromatic rings. The molecule has 1 N–H and O–H groups in total. The van der Waals surface area contributed by atoms with E-state index in [1.54, 1.807) is 23.1 Å². The highest BCUT2D eigenvalue weighted by molar-refractivity contribution is 5.92. The summed E-state index contributed by atoms with van der Waals surface area (Å²) in [4.78, 5) is 23.0. The average molecular weight is 364 g/mol. The van der Waals surface area contributed by atoms with Gasteiger partial charge in [-0.1, -0.05) is 42.5 Å². The van der Waals surface area contributed by atoms with Gasteiger partial charge in [0.15, 0.2) is 0 Å². The lowest BCUT2D eigenvalue weighted by Crippen LogP contribution is -2.36. The predicted octanol–water partition coefficient (Wildman–Crippen LogP) is 4.41. The van der Waals surface area contributed by atoms with Crippen LogP contribution in [-0.4, -0.2) is 26.8 Å². The topological polar surface area (TPSA) is 58.1 Å². The van der Waals surface area contributed by atoms with E-state index in [0.717, 1.165) is 5.56 Å². The molecule has 1 heterocycles. The second kappa shape index (κ2) is 8.40. The normalized spacial score (nSPS) is 10.7. The highest BCUT2D eigenvalue weighted by atomic mass is 19.1. The first-order valence-corrected chi connectivity index (χ1v) is 8.73. The molecule has 0 spiro atoms. The van der Waals surface area contributed by atoms with Crippen molar-refractivity contribution in [2.45, 2.75) is 26.4 Å². The second-order valence-electron chi connectivity index (χ2n) is 6.40. The van der Waals surface area contributed by atoms with Crippen molar-refractivity contribution in [2.24, 2.45) is 0 Å². The zero-order valence-corrected chi connectivity index (χ0v) is 15.3. The molecule has 1 amide bonds. The number of amides is 1. The summed E-state index contributed by atoms with van der Waals surface area (Å²) in [6.07, 6.45) is 2.84.